The van der Waals surface area contributed by atoms with E-state index in [0.717, 1.165) is 11.3 Å². The Kier molecular flexibility index (Phi) is 1.42. The average Bonchev–Trinajstić information content (AvgIpc) is 2.35. The zero-order valence-electron chi connectivity index (χ0n) is 5.66. The van der Waals surface area contributed by atoms with Gasteiger partial charge in [-0.15, -0.1) is 5.10 Å². The topological polar surface area (TPSA) is 50.7 Å². The molecule has 0 unspecified atom stereocenters. The summed E-state index contributed by atoms with van der Waals surface area (Å²) < 4.78 is 0. The highest BCUT2D eigenvalue weighted by molar-refractivity contribution is 9.10. The summed E-state index contributed by atoms with van der Waals surface area (Å²) in [7, 11) is 0. The van der Waals surface area contributed by atoms with E-state index in [0.29, 0.717) is 5.84 Å². The standard InChI is InChI=1S/C7H6BrN3/c8-5-3-1-2-4-6(5)10-11-7(4)9/h1-3,5H,(H2,9,11)/t5-/m1/s1. The fraction of sp³-hybridized carbons (Fsp3) is 0.143. The van der Waals surface area contributed by atoms with Gasteiger partial charge >= 0.3 is 0 Å². The lowest BCUT2D eigenvalue weighted by Crippen LogP contribution is -2.23. The first-order chi connectivity index (χ1) is 5.29. The molecule has 1 aliphatic carbocycles. The highest BCUT2D eigenvalue weighted by atomic mass is 79.9. The van der Waals surface area contributed by atoms with Crippen molar-refractivity contribution in [1.29, 1.82) is 0 Å². The third-order valence-electron chi connectivity index (χ3n) is 1.62. The normalized spacial score (nSPS) is 27.4. The van der Waals surface area contributed by atoms with Crippen LogP contribution in [0.15, 0.2) is 34.0 Å². The SMILES string of the molecule is NC1=NN=C2C1=CC=C[C@H]2Br. The number of hydrogen-bond donors (Lipinski definition) is 1. The number of alkyl halides is 1. The third kappa shape index (κ3) is 0.939. The van der Waals surface area contributed by atoms with E-state index < -0.39 is 0 Å². The maximum absolute atomic E-state index is 5.56. The van der Waals surface area contributed by atoms with Gasteiger partial charge in [-0.05, 0) is 6.08 Å². The highest BCUT2D eigenvalue weighted by Crippen LogP contribution is 2.20. The number of amidine groups is 1. The molecule has 1 aliphatic heterocycles. The summed E-state index contributed by atoms with van der Waals surface area (Å²) in [5.41, 5.74) is 7.41. The van der Waals surface area contributed by atoms with E-state index in [2.05, 4.69) is 26.1 Å². The first kappa shape index (κ1) is 6.79. The number of fused-ring (bicyclic) bond motifs is 1. The van der Waals surface area contributed by atoms with E-state index in [9.17, 15) is 0 Å². The number of halogens is 1. The minimum atomic E-state index is 0.160. The molecule has 0 saturated heterocycles. The Bertz CT molecular complexity index is 312. The van der Waals surface area contributed by atoms with Gasteiger partial charge in [0, 0.05) is 5.57 Å². The van der Waals surface area contributed by atoms with Crippen molar-refractivity contribution in [2.24, 2.45) is 15.9 Å². The van der Waals surface area contributed by atoms with Crippen LogP contribution in [0.3, 0.4) is 0 Å². The van der Waals surface area contributed by atoms with Crippen LogP contribution in [-0.4, -0.2) is 16.4 Å². The molecule has 0 radical (unpaired) electrons. The zero-order chi connectivity index (χ0) is 7.84. The molecule has 1 atom stereocenters. The lowest BCUT2D eigenvalue weighted by molar-refractivity contribution is 1.24. The van der Waals surface area contributed by atoms with Crippen molar-refractivity contribution in [1.82, 2.24) is 0 Å². The van der Waals surface area contributed by atoms with Gasteiger partial charge in [-0.3, -0.25) is 0 Å². The van der Waals surface area contributed by atoms with Gasteiger partial charge in [0.2, 0.25) is 0 Å². The molecule has 3 nitrogen and oxygen atoms in total. The van der Waals surface area contributed by atoms with Crippen LogP contribution in [0.2, 0.25) is 0 Å². The van der Waals surface area contributed by atoms with Crippen LogP contribution in [0.4, 0.5) is 0 Å². The molecule has 0 spiro atoms. The van der Waals surface area contributed by atoms with Crippen molar-refractivity contribution < 1.29 is 0 Å². The lowest BCUT2D eigenvalue weighted by Gasteiger charge is -2.09. The zero-order valence-corrected chi connectivity index (χ0v) is 7.25. The Morgan fingerprint density at radius 3 is 3.00 bits per heavy atom. The summed E-state index contributed by atoms with van der Waals surface area (Å²) in [6.45, 7) is 0. The Hall–Kier alpha value is -0.900. The summed E-state index contributed by atoms with van der Waals surface area (Å²) in [5, 5.41) is 7.71. The molecule has 0 amide bonds. The highest BCUT2D eigenvalue weighted by Gasteiger charge is 2.23. The lowest BCUT2D eigenvalue weighted by atomic mass is 10.0. The average molecular weight is 212 g/mol. The van der Waals surface area contributed by atoms with Gasteiger partial charge in [0.05, 0.1) is 10.5 Å². The molecular formula is C7H6BrN3. The van der Waals surface area contributed by atoms with Crippen LogP contribution in [0.25, 0.3) is 0 Å². The van der Waals surface area contributed by atoms with E-state index in [1.165, 1.54) is 0 Å². The molecule has 0 aromatic carbocycles. The molecule has 4 heteroatoms. The predicted octanol–water partition coefficient (Wildman–Crippen LogP) is 0.973. The summed E-state index contributed by atoms with van der Waals surface area (Å²) >= 11 is 3.44. The van der Waals surface area contributed by atoms with E-state index >= 15 is 0 Å². The van der Waals surface area contributed by atoms with Gasteiger partial charge in [0.25, 0.3) is 0 Å². The second kappa shape index (κ2) is 2.30. The first-order valence-electron chi connectivity index (χ1n) is 3.23. The van der Waals surface area contributed by atoms with Gasteiger partial charge in [-0.25, -0.2) is 0 Å². The van der Waals surface area contributed by atoms with Crippen molar-refractivity contribution in [2.75, 3.05) is 0 Å². The molecule has 0 saturated carbocycles. The number of hydrogen-bond acceptors (Lipinski definition) is 3. The molecule has 0 aromatic heterocycles. The molecule has 2 rings (SSSR count). The molecule has 11 heavy (non-hydrogen) atoms. The maximum atomic E-state index is 5.56. The minimum absolute atomic E-state index is 0.160. The minimum Gasteiger partial charge on any atom is -0.382 e. The van der Waals surface area contributed by atoms with Crippen LogP contribution in [0.5, 0.6) is 0 Å². The van der Waals surface area contributed by atoms with Gasteiger partial charge in [0.1, 0.15) is 0 Å². The molecule has 56 valence electrons. The van der Waals surface area contributed by atoms with Crippen LogP contribution >= 0.6 is 15.9 Å². The smallest absolute Gasteiger partial charge is 0.155 e. The van der Waals surface area contributed by atoms with Gasteiger partial charge < -0.3 is 5.73 Å². The number of nitrogens with two attached hydrogens (primary N) is 1. The fourth-order valence-electron chi connectivity index (χ4n) is 1.06. The van der Waals surface area contributed by atoms with Crippen molar-refractivity contribution in [3.05, 3.63) is 23.8 Å². The Labute approximate surface area is 72.5 Å². The number of nitrogens with zero attached hydrogens (tertiary/aromatic N) is 2. The Balaban J connectivity index is 2.45. The van der Waals surface area contributed by atoms with Crippen LogP contribution in [0.1, 0.15) is 0 Å². The Morgan fingerprint density at radius 1 is 1.45 bits per heavy atom. The summed E-state index contributed by atoms with van der Waals surface area (Å²) in [6.07, 6.45) is 5.86. The molecule has 2 N–H and O–H groups in total. The van der Waals surface area contributed by atoms with Crippen LogP contribution in [-0.2, 0) is 0 Å². The second-order valence-corrected chi connectivity index (χ2v) is 3.32. The van der Waals surface area contributed by atoms with Crippen LogP contribution < -0.4 is 5.73 Å². The molecular weight excluding hydrogens is 206 g/mol. The molecule has 0 bridgehead atoms. The summed E-state index contributed by atoms with van der Waals surface area (Å²) in [4.78, 5) is 0.160. The second-order valence-electron chi connectivity index (χ2n) is 2.34. The van der Waals surface area contributed by atoms with Crippen LogP contribution in [0, 0.1) is 0 Å². The fourth-order valence-corrected chi connectivity index (χ4v) is 1.58. The molecule has 0 aromatic rings. The molecule has 1 heterocycles. The van der Waals surface area contributed by atoms with Gasteiger partial charge in [-0.2, -0.15) is 5.10 Å². The van der Waals surface area contributed by atoms with Crippen molar-refractivity contribution in [3.63, 3.8) is 0 Å². The summed E-state index contributed by atoms with van der Waals surface area (Å²) in [6, 6.07) is 0. The van der Waals surface area contributed by atoms with Gasteiger partial charge in [-0.1, -0.05) is 28.1 Å². The Morgan fingerprint density at radius 2 is 2.27 bits per heavy atom. The first-order valence-corrected chi connectivity index (χ1v) is 4.15. The van der Waals surface area contributed by atoms with E-state index in [1.54, 1.807) is 0 Å². The number of allylic oxidation sites excluding steroid dienone is 3. The van der Waals surface area contributed by atoms with Crippen molar-refractivity contribution in [3.8, 4) is 0 Å². The van der Waals surface area contributed by atoms with E-state index in [-0.39, 0.29) is 4.83 Å². The van der Waals surface area contributed by atoms with Crippen molar-refractivity contribution in [2.45, 2.75) is 4.83 Å². The third-order valence-corrected chi connectivity index (χ3v) is 2.36. The predicted molar refractivity (Wildman–Crippen MR) is 49.0 cm³/mol. The molecule has 0 fully saturated rings. The van der Waals surface area contributed by atoms with E-state index in [1.807, 2.05) is 18.2 Å². The van der Waals surface area contributed by atoms with Crippen molar-refractivity contribution >= 4 is 27.5 Å². The number of rotatable bonds is 0. The quantitative estimate of drug-likeness (QED) is 0.597. The van der Waals surface area contributed by atoms with E-state index in [4.69, 9.17) is 5.73 Å². The van der Waals surface area contributed by atoms with Gasteiger partial charge in [0.15, 0.2) is 5.84 Å². The monoisotopic (exact) mass is 211 g/mol. The maximum Gasteiger partial charge on any atom is 0.155 e. The summed E-state index contributed by atoms with van der Waals surface area (Å²) in [5.74, 6) is 0.508. The largest absolute Gasteiger partial charge is 0.382 e. The molecule has 2 aliphatic rings.